The zero-order valence-corrected chi connectivity index (χ0v) is 34.1. The highest BCUT2D eigenvalue weighted by Crippen LogP contribution is 2.37. The van der Waals surface area contributed by atoms with E-state index >= 15 is 0 Å². The lowest BCUT2D eigenvalue weighted by Gasteiger charge is -2.43. The first-order chi connectivity index (χ1) is 25.9. The molecule has 15 heteroatoms. The standard InChI is InChI=1S/C40H48N4O9SSi/c1-26(45)51-24-31(43-35(47)33-23-41-36(54-33)27-19-21-28(22-20-27)42-38(49)53-39(2,3)4)34(46)44-32(37(48)50-8)25-52-55(40(5,6)7,29-15-11-9-12-16-29)30-17-13-10-14-18-30/h9-23,31-32H,24-25H2,1-8H3,(H,42,49)(H,43,47)(H,44,46). The zero-order valence-electron chi connectivity index (χ0n) is 32.3. The molecule has 0 spiro atoms. The number of carbonyl (C=O) groups is 5. The average Bonchev–Trinajstić information content (AvgIpc) is 3.63. The molecule has 292 valence electrons. The van der Waals surface area contributed by atoms with Gasteiger partial charge in [0.15, 0.2) is 0 Å². The van der Waals surface area contributed by atoms with Crippen LogP contribution in [0.15, 0.2) is 91.1 Å². The molecule has 3 amide bonds. The summed E-state index contributed by atoms with van der Waals surface area (Å²) in [7, 11) is -1.92. The summed E-state index contributed by atoms with van der Waals surface area (Å²) < 4.78 is 22.4. The van der Waals surface area contributed by atoms with Crippen LogP contribution in [0.1, 0.15) is 58.1 Å². The van der Waals surface area contributed by atoms with Crippen LogP contribution in [0, 0.1) is 0 Å². The predicted molar refractivity (Wildman–Crippen MR) is 213 cm³/mol. The maximum atomic E-state index is 13.8. The van der Waals surface area contributed by atoms with Gasteiger partial charge in [-0.3, -0.25) is 19.7 Å². The van der Waals surface area contributed by atoms with Crippen LogP contribution < -0.4 is 26.3 Å². The molecule has 1 aromatic heterocycles. The molecule has 4 aromatic rings. The molecule has 1 heterocycles. The van der Waals surface area contributed by atoms with Crippen molar-refractivity contribution in [2.24, 2.45) is 0 Å². The quantitative estimate of drug-likeness (QED) is 0.0893. The van der Waals surface area contributed by atoms with Gasteiger partial charge in [0.25, 0.3) is 14.2 Å². The van der Waals surface area contributed by atoms with Crippen LogP contribution >= 0.6 is 11.3 Å². The monoisotopic (exact) mass is 788 g/mol. The lowest BCUT2D eigenvalue weighted by atomic mass is 10.2. The van der Waals surface area contributed by atoms with Gasteiger partial charge in [0, 0.05) is 18.2 Å². The van der Waals surface area contributed by atoms with Gasteiger partial charge in [-0.05, 0) is 60.4 Å². The van der Waals surface area contributed by atoms with Crippen molar-refractivity contribution in [3.8, 4) is 10.6 Å². The summed E-state index contributed by atoms with van der Waals surface area (Å²) in [5, 5.41) is 9.97. The van der Waals surface area contributed by atoms with E-state index < -0.39 is 67.5 Å². The summed E-state index contributed by atoms with van der Waals surface area (Å²) in [6, 6.07) is 23.7. The summed E-state index contributed by atoms with van der Waals surface area (Å²) >= 11 is 1.07. The SMILES string of the molecule is COC(=O)C(CO[Si](c1ccccc1)(c1ccccc1)C(C)(C)C)NC(=O)C(COC(C)=O)NC(=O)c1cnc(-c2ccc(NC(=O)OC(C)(C)C)cc2)s1. The number of anilines is 1. The van der Waals surface area contributed by atoms with Gasteiger partial charge in [-0.15, -0.1) is 11.3 Å². The van der Waals surface area contributed by atoms with E-state index in [1.807, 2.05) is 60.7 Å². The Bertz CT molecular complexity index is 1900. The summed E-state index contributed by atoms with van der Waals surface area (Å²) in [5.74, 6) is -2.88. The Balaban J connectivity index is 1.53. The van der Waals surface area contributed by atoms with E-state index in [4.69, 9.17) is 18.6 Å². The van der Waals surface area contributed by atoms with Crippen molar-refractivity contribution >= 4 is 65.6 Å². The number of hydrogen-bond acceptors (Lipinski definition) is 11. The smallest absolute Gasteiger partial charge is 0.412 e. The van der Waals surface area contributed by atoms with Crippen LogP contribution in [0.2, 0.25) is 5.04 Å². The third-order valence-electron chi connectivity index (χ3n) is 8.27. The fourth-order valence-corrected chi connectivity index (χ4v) is 11.2. The lowest BCUT2D eigenvalue weighted by Crippen LogP contribution is -2.68. The summed E-state index contributed by atoms with van der Waals surface area (Å²) in [6.07, 6.45) is 0.767. The second-order valence-corrected chi connectivity index (χ2v) is 20.0. The molecule has 2 atom stereocenters. The van der Waals surface area contributed by atoms with Crippen LogP contribution in [0.5, 0.6) is 0 Å². The Morgan fingerprint density at radius 2 is 1.36 bits per heavy atom. The van der Waals surface area contributed by atoms with Crippen molar-refractivity contribution in [3.63, 3.8) is 0 Å². The first-order valence-electron chi connectivity index (χ1n) is 17.6. The molecule has 0 aliphatic rings. The number of esters is 2. The molecule has 0 fully saturated rings. The van der Waals surface area contributed by atoms with Crippen molar-refractivity contribution in [1.29, 1.82) is 0 Å². The molecule has 0 saturated carbocycles. The molecule has 0 radical (unpaired) electrons. The highest BCUT2D eigenvalue weighted by molar-refractivity contribution is 7.16. The molecule has 2 unspecified atom stereocenters. The van der Waals surface area contributed by atoms with Crippen molar-refractivity contribution < 1.29 is 42.6 Å². The highest BCUT2D eigenvalue weighted by atomic mass is 32.1. The van der Waals surface area contributed by atoms with Crippen LogP contribution in [0.25, 0.3) is 10.6 Å². The maximum absolute atomic E-state index is 13.8. The van der Waals surface area contributed by atoms with E-state index in [1.54, 1.807) is 45.0 Å². The number of aromatic nitrogens is 1. The molecule has 0 aliphatic heterocycles. The fraction of sp³-hybridized carbons (Fsp3) is 0.350. The first kappa shape index (κ1) is 42.4. The lowest BCUT2D eigenvalue weighted by molar-refractivity contribution is -0.148. The highest BCUT2D eigenvalue weighted by Gasteiger charge is 2.51. The van der Waals surface area contributed by atoms with E-state index in [0.717, 1.165) is 21.7 Å². The van der Waals surface area contributed by atoms with Crippen molar-refractivity contribution in [2.45, 2.75) is 71.2 Å². The first-order valence-corrected chi connectivity index (χ1v) is 20.3. The Labute approximate surface area is 326 Å². The van der Waals surface area contributed by atoms with Crippen LogP contribution in [0.3, 0.4) is 0 Å². The van der Waals surface area contributed by atoms with Gasteiger partial charge in [-0.1, -0.05) is 81.4 Å². The topological polar surface area (TPSA) is 171 Å². The summed E-state index contributed by atoms with van der Waals surface area (Å²) in [4.78, 5) is 68.9. The number of hydrogen-bond donors (Lipinski definition) is 3. The maximum Gasteiger partial charge on any atom is 0.412 e. The van der Waals surface area contributed by atoms with E-state index in [0.29, 0.717) is 16.3 Å². The summed E-state index contributed by atoms with van der Waals surface area (Å²) in [6.45, 7) is 12.0. The number of thiazole rings is 1. The molecular weight excluding hydrogens is 741 g/mol. The molecule has 3 N–H and O–H groups in total. The molecule has 0 aliphatic carbocycles. The minimum Gasteiger partial charge on any atom is -0.467 e. The summed E-state index contributed by atoms with van der Waals surface area (Å²) in [5.41, 5.74) is 0.534. The van der Waals surface area contributed by atoms with Gasteiger partial charge in [0.2, 0.25) is 5.91 Å². The van der Waals surface area contributed by atoms with E-state index in [-0.39, 0.29) is 11.5 Å². The molecular formula is C40H48N4O9SSi. The number of ether oxygens (including phenoxy) is 3. The number of methoxy groups -OCH3 is 1. The zero-order chi connectivity index (χ0) is 40.4. The minimum absolute atomic E-state index is 0.172. The molecule has 4 rings (SSSR count). The number of carbonyl (C=O) groups excluding carboxylic acids is 5. The number of nitrogens with zero attached hydrogens (tertiary/aromatic N) is 1. The van der Waals surface area contributed by atoms with Crippen LogP contribution in [-0.2, 0) is 33.0 Å². The van der Waals surface area contributed by atoms with Gasteiger partial charge in [-0.25, -0.2) is 14.6 Å². The minimum atomic E-state index is -3.12. The van der Waals surface area contributed by atoms with Crippen molar-refractivity contribution in [1.82, 2.24) is 15.6 Å². The van der Waals surface area contributed by atoms with E-state index in [9.17, 15) is 24.0 Å². The molecule has 0 bridgehead atoms. The second-order valence-electron chi connectivity index (χ2n) is 14.6. The van der Waals surface area contributed by atoms with Gasteiger partial charge in [0.1, 0.15) is 34.2 Å². The normalized spacial score (nSPS) is 12.8. The largest absolute Gasteiger partial charge is 0.467 e. The number of amides is 3. The average molecular weight is 789 g/mol. The Kier molecular flexibility index (Phi) is 14.1. The number of benzene rings is 3. The fourth-order valence-electron chi connectivity index (χ4n) is 5.80. The molecule has 55 heavy (non-hydrogen) atoms. The van der Waals surface area contributed by atoms with E-state index in [2.05, 4.69) is 41.7 Å². The molecule has 0 saturated heterocycles. The van der Waals surface area contributed by atoms with Crippen molar-refractivity contribution in [3.05, 3.63) is 96.0 Å². The van der Waals surface area contributed by atoms with Gasteiger partial charge in [-0.2, -0.15) is 0 Å². The van der Waals surface area contributed by atoms with Crippen LogP contribution in [-0.4, -0.2) is 81.2 Å². The second kappa shape index (κ2) is 18.3. The molecule has 13 nitrogen and oxygen atoms in total. The van der Waals surface area contributed by atoms with Crippen LogP contribution in [0.4, 0.5) is 10.5 Å². The molecule has 3 aromatic carbocycles. The number of nitrogens with one attached hydrogen (secondary N) is 3. The van der Waals surface area contributed by atoms with Gasteiger partial charge in [0.05, 0.1) is 19.9 Å². The Morgan fingerprint density at radius 1 is 0.782 bits per heavy atom. The van der Waals surface area contributed by atoms with E-state index in [1.165, 1.54) is 20.2 Å². The number of rotatable bonds is 14. The van der Waals surface area contributed by atoms with Gasteiger partial charge >= 0.3 is 18.0 Å². The predicted octanol–water partition coefficient (Wildman–Crippen LogP) is 5.05. The third kappa shape index (κ3) is 11.3. The van der Waals surface area contributed by atoms with Crippen molar-refractivity contribution in [2.75, 3.05) is 25.6 Å². The Morgan fingerprint density at radius 3 is 1.87 bits per heavy atom. The van der Waals surface area contributed by atoms with Gasteiger partial charge < -0.3 is 29.3 Å². The third-order valence-corrected chi connectivity index (χ3v) is 14.3. The Hall–Kier alpha value is -5.38.